The van der Waals surface area contributed by atoms with Crippen LogP contribution in [0.4, 0.5) is 8.78 Å². The zero-order valence-corrected chi connectivity index (χ0v) is 17.2. The quantitative estimate of drug-likeness (QED) is 0.563. The smallest absolute Gasteiger partial charge is 0.285 e. The molecular formula is C19H21F2N5O4S. The number of sulfonamides is 1. The highest BCUT2D eigenvalue weighted by atomic mass is 32.2. The van der Waals surface area contributed by atoms with Crippen LogP contribution in [0, 0.1) is 5.82 Å². The summed E-state index contributed by atoms with van der Waals surface area (Å²) in [4.78, 5) is 13.9. The number of nitrogens with zero attached hydrogens (tertiary/aromatic N) is 4. The van der Waals surface area contributed by atoms with Crippen LogP contribution in [0.1, 0.15) is 11.5 Å². The molecule has 0 unspecified atom stereocenters. The van der Waals surface area contributed by atoms with Crippen molar-refractivity contribution in [2.24, 2.45) is 10.1 Å². The van der Waals surface area contributed by atoms with E-state index in [-0.39, 0.29) is 35.8 Å². The molecule has 1 aromatic heterocycles. The fourth-order valence-electron chi connectivity index (χ4n) is 3.12. The van der Waals surface area contributed by atoms with E-state index in [9.17, 15) is 27.1 Å². The topological polar surface area (TPSA) is 131 Å². The van der Waals surface area contributed by atoms with Crippen LogP contribution in [0.15, 0.2) is 57.2 Å². The fourth-order valence-corrected chi connectivity index (χ4v) is 3.94. The van der Waals surface area contributed by atoms with E-state index in [1.54, 1.807) is 6.07 Å². The van der Waals surface area contributed by atoms with Crippen LogP contribution in [0.25, 0.3) is 0 Å². The molecule has 1 aromatic carbocycles. The molecule has 0 bridgehead atoms. The molecule has 2 heterocycles. The van der Waals surface area contributed by atoms with Crippen LogP contribution >= 0.6 is 0 Å². The minimum Gasteiger partial charge on any atom is -0.400 e. The Morgan fingerprint density at radius 2 is 2.10 bits per heavy atom. The third-order valence-electron chi connectivity index (χ3n) is 4.78. The number of benzene rings is 1. The summed E-state index contributed by atoms with van der Waals surface area (Å²) in [6.45, 7) is -1.44. The molecule has 1 aliphatic rings. The van der Waals surface area contributed by atoms with Crippen molar-refractivity contribution < 1.29 is 27.1 Å². The molecule has 0 saturated carbocycles. The molecule has 1 amide bonds. The van der Waals surface area contributed by atoms with Crippen LogP contribution in [-0.4, -0.2) is 66.7 Å². The van der Waals surface area contributed by atoms with Gasteiger partial charge in [0.1, 0.15) is 17.4 Å². The van der Waals surface area contributed by atoms with Crippen molar-refractivity contribution in [1.29, 1.82) is 0 Å². The standard InChI is InChI=1S/C19H21F2N5O4S/c20-5-6-26-10-14(8-23-26)31(29,30)24-7-13-9-25(11-18(13)22)19(28)16(12-27)15-3-1-2-4-17(15)21/h1-4,7-8,10,16,27H,5-6,9,11-12,22H2/t16-/m1/s1. The molecule has 166 valence electrons. The molecule has 3 rings (SSSR count). The summed E-state index contributed by atoms with van der Waals surface area (Å²) in [6.07, 6.45) is 3.26. The summed E-state index contributed by atoms with van der Waals surface area (Å²) < 4.78 is 55.8. The maximum Gasteiger partial charge on any atom is 0.285 e. The third kappa shape index (κ3) is 4.97. The third-order valence-corrected chi connectivity index (χ3v) is 5.97. The second-order valence-electron chi connectivity index (χ2n) is 6.84. The molecule has 31 heavy (non-hydrogen) atoms. The van der Waals surface area contributed by atoms with Crippen LogP contribution in [-0.2, 0) is 21.4 Å². The summed E-state index contributed by atoms with van der Waals surface area (Å²) in [5.74, 6) is -2.28. The summed E-state index contributed by atoms with van der Waals surface area (Å²) in [6, 6.07) is 5.65. The molecule has 9 nitrogen and oxygen atoms in total. The molecule has 2 aromatic rings. The van der Waals surface area contributed by atoms with E-state index in [1.807, 2.05) is 0 Å². The lowest BCUT2D eigenvalue weighted by Crippen LogP contribution is -2.36. The fraction of sp³-hybridized carbons (Fsp3) is 0.316. The zero-order chi connectivity index (χ0) is 22.6. The van der Waals surface area contributed by atoms with E-state index in [4.69, 9.17) is 5.73 Å². The number of aryl methyl sites for hydroxylation is 1. The summed E-state index contributed by atoms with van der Waals surface area (Å²) in [7, 11) is -4.10. The molecule has 1 aliphatic heterocycles. The van der Waals surface area contributed by atoms with Gasteiger partial charge >= 0.3 is 0 Å². The van der Waals surface area contributed by atoms with Gasteiger partial charge in [-0.1, -0.05) is 18.2 Å². The maximum absolute atomic E-state index is 14.1. The van der Waals surface area contributed by atoms with Crippen molar-refractivity contribution in [1.82, 2.24) is 14.7 Å². The number of amides is 1. The number of halogens is 2. The molecule has 1 atom stereocenters. The van der Waals surface area contributed by atoms with Crippen LogP contribution in [0.3, 0.4) is 0 Å². The van der Waals surface area contributed by atoms with Gasteiger partial charge in [-0.3, -0.25) is 9.48 Å². The van der Waals surface area contributed by atoms with Gasteiger partial charge in [0.05, 0.1) is 31.8 Å². The number of aliphatic hydroxyl groups is 1. The van der Waals surface area contributed by atoms with Crippen LogP contribution in [0.2, 0.25) is 0 Å². The summed E-state index contributed by atoms with van der Waals surface area (Å²) >= 11 is 0. The van der Waals surface area contributed by atoms with Crippen molar-refractivity contribution in [3.8, 4) is 0 Å². The lowest BCUT2D eigenvalue weighted by Gasteiger charge is -2.22. The number of hydrogen-bond acceptors (Lipinski definition) is 6. The van der Waals surface area contributed by atoms with E-state index >= 15 is 0 Å². The SMILES string of the molecule is NC1=C(C=NS(=O)(=O)c2cnn(CCF)c2)CN(C(=O)[C@H](CO)c2ccccc2F)C1. The second kappa shape index (κ2) is 9.35. The van der Waals surface area contributed by atoms with E-state index in [2.05, 4.69) is 9.50 Å². The van der Waals surface area contributed by atoms with Crippen molar-refractivity contribution in [2.75, 3.05) is 26.4 Å². The van der Waals surface area contributed by atoms with Gasteiger partial charge in [0.2, 0.25) is 5.91 Å². The molecule has 12 heteroatoms. The normalized spacial score (nSPS) is 15.8. The van der Waals surface area contributed by atoms with Gasteiger partial charge in [0.25, 0.3) is 10.0 Å². The Morgan fingerprint density at radius 3 is 2.77 bits per heavy atom. The Hall–Kier alpha value is -3.12. The number of nitrogens with two attached hydrogens (primary N) is 1. The largest absolute Gasteiger partial charge is 0.400 e. The second-order valence-corrected chi connectivity index (χ2v) is 8.47. The Kier molecular flexibility index (Phi) is 6.81. The van der Waals surface area contributed by atoms with Crippen LogP contribution in [0.5, 0.6) is 0 Å². The highest BCUT2D eigenvalue weighted by Gasteiger charge is 2.31. The number of hydrogen-bond donors (Lipinski definition) is 2. The molecule has 0 radical (unpaired) electrons. The first kappa shape index (κ1) is 22.6. The molecule has 0 aliphatic carbocycles. The van der Waals surface area contributed by atoms with Gasteiger partial charge in [-0.25, -0.2) is 8.78 Å². The monoisotopic (exact) mass is 453 g/mol. The van der Waals surface area contributed by atoms with Crippen molar-refractivity contribution in [3.05, 3.63) is 59.3 Å². The lowest BCUT2D eigenvalue weighted by molar-refractivity contribution is -0.132. The highest BCUT2D eigenvalue weighted by molar-refractivity contribution is 7.90. The minimum absolute atomic E-state index is 0.0143. The lowest BCUT2D eigenvalue weighted by atomic mass is 9.98. The number of carbonyl (C=O) groups is 1. The van der Waals surface area contributed by atoms with Gasteiger partial charge < -0.3 is 15.7 Å². The average molecular weight is 453 g/mol. The predicted molar refractivity (Wildman–Crippen MR) is 108 cm³/mol. The number of alkyl halides is 1. The zero-order valence-electron chi connectivity index (χ0n) is 16.4. The summed E-state index contributed by atoms with van der Waals surface area (Å²) in [5, 5.41) is 13.4. The van der Waals surface area contributed by atoms with Gasteiger partial charge in [0, 0.05) is 35.8 Å². The molecular weight excluding hydrogens is 432 g/mol. The number of aliphatic hydroxyl groups excluding tert-OH is 1. The predicted octanol–water partition coefficient (Wildman–Crippen LogP) is 0.582. The number of aromatic nitrogens is 2. The Bertz CT molecular complexity index is 1130. The van der Waals surface area contributed by atoms with Gasteiger partial charge in [-0.15, -0.1) is 0 Å². The number of rotatable bonds is 8. The van der Waals surface area contributed by atoms with E-state index in [0.717, 1.165) is 23.3 Å². The number of carbonyl (C=O) groups excluding carboxylic acids is 1. The van der Waals surface area contributed by atoms with Gasteiger partial charge in [0.15, 0.2) is 0 Å². The van der Waals surface area contributed by atoms with E-state index < -0.39 is 40.9 Å². The molecule has 3 N–H and O–H groups in total. The van der Waals surface area contributed by atoms with E-state index in [0.29, 0.717) is 5.57 Å². The Morgan fingerprint density at radius 1 is 1.35 bits per heavy atom. The van der Waals surface area contributed by atoms with Crippen molar-refractivity contribution in [2.45, 2.75) is 17.4 Å². The first-order chi connectivity index (χ1) is 14.8. The molecule has 0 fully saturated rings. The Labute approximate surface area is 177 Å². The van der Waals surface area contributed by atoms with Crippen molar-refractivity contribution in [3.63, 3.8) is 0 Å². The summed E-state index contributed by atoms with van der Waals surface area (Å²) in [5.41, 5.74) is 6.52. The van der Waals surface area contributed by atoms with E-state index in [1.165, 1.54) is 23.1 Å². The first-order valence-corrected chi connectivity index (χ1v) is 10.7. The molecule has 0 spiro atoms. The highest BCUT2D eigenvalue weighted by Crippen LogP contribution is 2.24. The van der Waals surface area contributed by atoms with Crippen molar-refractivity contribution >= 4 is 22.1 Å². The minimum atomic E-state index is -4.10. The first-order valence-electron chi connectivity index (χ1n) is 9.27. The van der Waals surface area contributed by atoms with Gasteiger partial charge in [-0.2, -0.15) is 17.9 Å². The van der Waals surface area contributed by atoms with Crippen LogP contribution < -0.4 is 5.73 Å². The maximum atomic E-state index is 14.1. The average Bonchev–Trinajstić information content (AvgIpc) is 3.36. The molecule has 0 saturated heterocycles. The Balaban J connectivity index is 1.73. The van der Waals surface area contributed by atoms with Gasteiger partial charge in [-0.05, 0) is 6.07 Å².